The number of furan rings is 1. The van der Waals surface area contributed by atoms with Crippen LogP contribution in [0.25, 0.3) is 10.2 Å². The van der Waals surface area contributed by atoms with Gasteiger partial charge < -0.3 is 20.0 Å². The molecule has 0 spiro atoms. The molecule has 0 amide bonds. The highest BCUT2D eigenvalue weighted by atomic mass is 32.2. The summed E-state index contributed by atoms with van der Waals surface area (Å²) in [5, 5.41) is 28.2. The predicted molar refractivity (Wildman–Crippen MR) is 125 cm³/mol. The number of fused-ring (bicyclic) bond motifs is 1. The largest absolute Gasteiger partial charge is 0.464 e. The Balaban J connectivity index is 1.52. The summed E-state index contributed by atoms with van der Waals surface area (Å²) in [5.41, 5.74) is 0.542. The number of nitrogens with zero attached hydrogens (tertiary/aromatic N) is 4. The molecule has 3 aromatic rings. The molecule has 0 radical (unpaired) electrons. The minimum absolute atomic E-state index is 0.0331. The lowest BCUT2D eigenvalue weighted by molar-refractivity contribution is -0.403. The third-order valence-electron chi connectivity index (χ3n) is 4.05. The Labute approximate surface area is 191 Å². The number of benzene rings is 1. The monoisotopic (exact) mass is 478 g/mol. The Morgan fingerprint density at radius 2 is 2.03 bits per heavy atom. The zero-order chi connectivity index (χ0) is 23.1. The van der Waals surface area contributed by atoms with Gasteiger partial charge in [0.1, 0.15) is 11.5 Å². The van der Waals surface area contributed by atoms with Crippen molar-refractivity contribution >= 4 is 44.1 Å². The summed E-state index contributed by atoms with van der Waals surface area (Å²) < 4.78 is 6.38. The van der Waals surface area contributed by atoms with Crippen LogP contribution >= 0.6 is 23.1 Å². The van der Waals surface area contributed by atoms with Crippen molar-refractivity contribution in [3.05, 3.63) is 74.1 Å². The number of thiazole rings is 1. The van der Waals surface area contributed by atoms with Gasteiger partial charge in [0.15, 0.2) is 11.0 Å². The van der Waals surface area contributed by atoms with Crippen molar-refractivity contribution in [1.29, 1.82) is 0 Å². The van der Waals surface area contributed by atoms with E-state index >= 15 is 0 Å². The molecule has 3 rings (SSSR count). The van der Waals surface area contributed by atoms with Crippen LogP contribution in [0.15, 0.2) is 46.8 Å². The van der Waals surface area contributed by atoms with Crippen LogP contribution in [-0.2, 0) is 12.3 Å². The second kappa shape index (κ2) is 10.9. The number of non-ortho nitro benzene ring substituents is 1. The zero-order valence-corrected chi connectivity index (χ0v) is 19.1. The van der Waals surface area contributed by atoms with Crippen LogP contribution < -0.4 is 10.6 Å². The molecule has 0 atom stereocenters. The summed E-state index contributed by atoms with van der Waals surface area (Å²) in [7, 11) is 3.95. The van der Waals surface area contributed by atoms with Crippen LogP contribution in [0.3, 0.4) is 0 Å². The van der Waals surface area contributed by atoms with E-state index in [2.05, 4.69) is 15.6 Å². The van der Waals surface area contributed by atoms with Gasteiger partial charge in [-0.3, -0.25) is 20.2 Å². The van der Waals surface area contributed by atoms with E-state index in [1.165, 1.54) is 23.5 Å². The molecular formula is C19H22N6O5S2. The van der Waals surface area contributed by atoms with Gasteiger partial charge in [-0.1, -0.05) is 11.3 Å². The van der Waals surface area contributed by atoms with Crippen molar-refractivity contribution in [3.8, 4) is 0 Å². The number of aromatic nitrogens is 1. The van der Waals surface area contributed by atoms with Crippen LogP contribution in [0.2, 0.25) is 0 Å². The predicted octanol–water partition coefficient (Wildman–Crippen LogP) is 3.87. The molecule has 13 heteroatoms. The minimum atomic E-state index is -0.560. The average molecular weight is 479 g/mol. The molecule has 0 aliphatic heterocycles. The quantitative estimate of drug-likeness (QED) is 0.224. The molecule has 0 aliphatic rings. The maximum Gasteiger partial charge on any atom is 0.274 e. The number of anilines is 1. The minimum Gasteiger partial charge on any atom is -0.464 e. The Kier molecular flexibility index (Phi) is 8.03. The van der Waals surface area contributed by atoms with Crippen LogP contribution in [-0.4, -0.2) is 46.1 Å². The third-order valence-corrected chi connectivity index (χ3v) is 5.97. The fourth-order valence-corrected chi connectivity index (χ4v) is 4.41. The SMILES string of the molecule is CN(C)Cc1ccc(CSCCNC(=C[N+](=O)[O-])Nc2nc3ccc([N+](=O)[O-])cc3s2)o1. The van der Waals surface area contributed by atoms with Crippen molar-refractivity contribution in [2.75, 3.05) is 31.7 Å². The molecule has 2 N–H and O–H groups in total. The van der Waals surface area contributed by atoms with E-state index in [0.717, 1.165) is 24.3 Å². The molecule has 0 bridgehead atoms. The van der Waals surface area contributed by atoms with E-state index in [9.17, 15) is 20.2 Å². The van der Waals surface area contributed by atoms with Crippen LogP contribution in [0.4, 0.5) is 10.8 Å². The lowest BCUT2D eigenvalue weighted by Gasteiger charge is -2.09. The molecule has 170 valence electrons. The highest BCUT2D eigenvalue weighted by molar-refractivity contribution is 7.98. The molecule has 2 aromatic heterocycles. The molecule has 0 fully saturated rings. The molecule has 32 heavy (non-hydrogen) atoms. The van der Waals surface area contributed by atoms with Crippen molar-refractivity contribution in [2.24, 2.45) is 0 Å². The smallest absolute Gasteiger partial charge is 0.274 e. The second-order valence-electron chi connectivity index (χ2n) is 6.97. The van der Waals surface area contributed by atoms with Crippen molar-refractivity contribution < 1.29 is 14.3 Å². The lowest BCUT2D eigenvalue weighted by Crippen LogP contribution is -2.23. The molecule has 0 saturated carbocycles. The van der Waals surface area contributed by atoms with Gasteiger partial charge in [0, 0.05) is 24.4 Å². The van der Waals surface area contributed by atoms with E-state index in [0.29, 0.717) is 33.4 Å². The highest BCUT2D eigenvalue weighted by Gasteiger charge is 2.12. The Morgan fingerprint density at radius 1 is 1.25 bits per heavy atom. The lowest BCUT2D eigenvalue weighted by atomic mass is 10.3. The Morgan fingerprint density at radius 3 is 2.75 bits per heavy atom. The maximum absolute atomic E-state index is 11.0. The van der Waals surface area contributed by atoms with Crippen LogP contribution in [0.5, 0.6) is 0 Å². The standard InChI is InChI=1S/C19H22N6O5S2/c1-23(2)10-14-4-5-15(30-14)12-31-8-7-20-18(11-24(26)27)22-19-21-16-6-3-13(25(28)29)9-17(16)32-19/h3-6,9,11,20H,7-8,10,12H2,1-2H3,(H,21,22). The zero-order valence-electron chi connectivity index (χ0n) is 17.4. The number of hydrogen-bond acceptors (Lipinski definition) is 11. The summed E-state index contributed by atoms with van der Waals surface area (Å²) in [5.74, 6) is 3.38. The first-order valence-electron chi connectivity index (χ1n) is 9.51. The van der Waals surface area contributed by atoms with E-state index in [1.807, 2.05) is 31.1 Å². The number of hydrogen-bond donors (Lipinski definition) is 2. The van der Waals surface area contributed by atoms with Gasteiger partial charge in [0.25, 0.3) is 11.9 Å². The van der Waals surface area contributed by atoms with Crippen molar-refractivity contribution in [3.63, 3.8) is 0 Å². The first-order chi connectivity index (χ1) is 15.3. The van der Waals surface area contributed by atoms with Crippen LogP contribution in [0, 0.1) is 20.2 Å². The van der Waals surface area contributed by atoms with E-state index < -0.39 is 9.85 Å². The molecule has 0 aliphatic carbocycles. The number of nitrogens with one attached hydrogen (secondary N) is 2. The molecule has 11 nitrogen and oxygen atoms in total. The first-order valence-corrected chi connectivity index (χ1v) is 11.5. The molecule has 1 aromatic carbocycles. The van der Waals surface area contributed by atoms with Gasteiger partial charge in [0.05, 0.1) is 32.4 Å². The van der Waals surface area contributed by atoms with Crippen molar-refractivity contribution in [2.45, 2.75) is 12.3 Å². The van der Waals surface area contributed by atoms with E-state index in [-0.39, 0.29) is 11.5 Å². The van der Waals surface area contributed by atoms with Crippen LogP contribution in [0.1, 0.15) is 11.5 Å². The average Bonchev–Trinajstić information content (AvgIpc) is 3.31. The number of nitro groups is 2. The van der Waals surface area contributed by atoms with E-state index in [1.54, 1.807) is 17.8 Å². The van der Waals surface area contributed by atoms with Gasteiger partial charge in [-0.15, -0.1) is 0 Å². The highest BCUT2D eigenvalue weighted by Crippen LogP contribution is 2.29. The van der Waals surface area contributed by atoms with Crippen molar-refractivity contribution in [1.82, 2.24) is 15.2 Å². The fourth-order valence-electron chi connectivity index (χ4n) is 2.75. The number of nitro benzene ring substituents is 1. The van der Waals surface area contributed by atoms with Gasteiger partial charge in [0.2, 0.25) is 0 Å². The van der Waals surface area contributed by atoms with Gasteiger partial charge in [-0.2, -0.15) is 11.8 Å². The van der Waals surface area contributed by atoms with Gasteiger partial charge in [-0.25, -0.2) is 4.98 Å². The Hall–Kier alpha value is -3.16. The van der Waals surface area contributed by atoms with E-state index in [4.69, 9.17) is 4.42 Å². The Bertz CT molecular complexity index is 1130. The molecule has 0 saturated heterocycles. The summed E-state index contributed by atoms with van der Waals surface area (Å²) in [6.45, 7) is 1.23. The number of rotatable bonds is 12. The summed E-state index contributed by atoms with van der Waals surface area (Å²) in [6, 6.07) is 8.27. The number of thioether (sulfide) groups is 1. The van der Waals surface area contributed by atoms with Gasteiger partial charge in [-0.05, 0) is 32.3 Å². The summed E-state index contributed by atoms with van der Waals surface area (Å²) in [6.07, 6.45) is 0.833. The van der Waals surface area contributed by atoms with Gasteiger partial charge >= 0.3 is 0 Å². The summed E-state index contributed by atoms with van der Waals surface area (Å²) in [4.78, 5) is 27.2. The normalized spacial score (nSPS) is 11.8. The molecular weight excluding hydrogens is 456 g/mol. The third kappa shape index (κ3) is 6.93. The maximum atomic E-state index is 11.0. The fraction of sp³-hybridized carbons (Fsp3) is 0.316. The second-order valence-corrected chi connectivity index (χ2v) is 9.10. The molecule has 2 heterocycles. The molecule has 0 unspecified atom stereocenters. The topological polar surface area (TPSA) is 140 Å². The summed E-state index contributed by atoms with van der Waals surface area (Å²) >= 11 is 2.82. The first kappa shape index (κ1) is 23.5.